The SMILES string of the molecule is C=C(CC)CNCC(O)CC. The van der Waals surface area contributed by atoms with E-state index in [1.807, 2.05) is 6.92 Å². The summed E-state index contributed by atoms with van der Waals surface area (Å²) in [6.07, 6.45) is 1.61. The van der Waals surface area contributed by atoms with Gasteiger partial charge in [0.05, 0.1) is 6.10 Å². The lowest BCUT2D eigenvalue weighted by Crippen LogP contribution is -2.27. The second kappa shape index (κ2) is 6.38. The van der Waals surface area contributed by atoms with Gasteiger partial charge in [-0.2, -0.15) is 0 Å². The molecule has 1 atom stereocenters. The van der Waals surface area contributed by atoms with Gasteiger partial charge in [0, 0.05) is 13.1 Å². The van der Waals surface area contributed by atoms with E-state index in [0.29, 0.717) is 6.54 Å². The first kappa shape index (κ1) is 10.7. The average molecular weight is 157 g/mol. The van der Waals surface area contributed by atoms with Gasteiger partial charge in [-0.15, -0.1) is 0 Å². The lowest BCUT2D eigenvalue weighted by molar-refractivity contribution is 0.168. The minimum Gasteiger partial charge on any atom is -0.392 e. The molecule has 0 saturated heterocycles. The Hall–Kier alpha value is -0.340. The summed E-state index contributed by atoms with van der Waals surface area (Å²) in [4.78, 5) is 0. The molecule has 0 aromatic heterocycles. The molecule has 0 aliphatic carbocycles. The van der Waals surface area contributed by atoms with Crippen molar-refractivity contribution in [2.24, 2.45) is 0 Å². The van der Waals surface area contributed by atoms with Gasteiger partial charge in [-0.1, -0.05) is 26.0 Å². The van der Waals surface area contributed by atoms with Crippen molar-refractivity contribution >= 4 is 0 Å². The van der Waals surface area contributed by atoms with Crippen molar-refractivity contribution < 1.29 is 5.11 Å². The minimum atomic E-state index is -0.209. The van der Waals surface area contributed by atoms with Crippen LogP contribution >= 0.6 is 0 Å². The summed E-state index contributed by atoms with van der Waals surface area (Å²) in [5.41, 5.74) is 1.19. The summed E-state index contributed by atoms with van der Waals surface area (Å²) >= 11 is 0. The minimum absolute atomic E-state index is 0.209. The second-order valence-electron chi connectivity index (χ2n) is 2.80. The molecule has 0 aromatic carbocycles. The maximum absolute atomic E-state index is 9.15. The Morgan fingerprint density at radius 1 is 1.55 bits per heavy atom. The highest BCUT2D eigenvalue weighted by Crippen LogP contribution is 1.93. The van der Waals surface area contributed by atoms with Crippen molar-refractivity contribution in [3.63, 3.8) is 0 Å². The van der Waals surface area contributed by atoms with Crippen molar-refractivity contribution in [2.45, 2.75) is 32.8 Å². The zero-order valence-corrected chi connectivity index (χ0v) is 7.56. The summed E-state index contributed by atoms with van der Waals surface area (Å²) in [6, 6.07) is 0. The molecule has 0 saturated carbocycles. The van der Waals surface area contributed by atoms with Crippen LogP contribution in [-0.2, 0) is 0 Å². The van der Waals surface area contributed by atoms with Gasteiger partial charge in [0.15, 0.2) is 0 Å². The fraction of sp³-hybridized carbons (Fsp3) is 0.778. The number of rotatable bonds is 6. The Morgan fingerprint density at radius 3 is 2.64 bits per heavy atom. The van der Waals surface area contributed by atoms with Crippen LogP contribution in [0.15, 0.2) is 12.2 Å². The van der Waals surface area contributed by atoms with Crippen LogP contribution in [0.3, 0.4) is 0 Å². The van der Waals surface area contributed by atoms with Crippen molar-refractivity contribution in [1.29, 1.82) is 0 Å². The van der Waals surface area contributed by atoms with Crippen LogP contribution in [0.1, 0.15) is 26.7 Å². The number of hydrogen-bond donors (Lipinski definition) is 2. The molecule has 1 unspecified atom stereocenters. The van der Waals surface area contributed by atoms with Gasteiger partial charge < -0.3 is 10.4 Å². The van der Waals surface area contributed by atoms with Gasteiger partial charge in [0.1, 0.15) is 0 Å². The quantitative estimate of drug-likeness (QED) is 0.570. The molecule has 0 amide bonds. The topological polar surface area (TPSA) is 32.3 Å². The molecular formula is C9H19NO. The molecule has 66 valence electrons. The number of aliphatic hydroxyl groups is 1. The molecule has 2 heteroatoms. The van der Waals surface area contributed by atoms with E-state index in [2.05, 4.69) is 18.8 Å². The number of hydrogen-bond acceptors (Lipinski definition) is 2. The van der Waals surface area contributed by atoms with Crippen LogP contribution in [0, 0.1) is 0 Å². The predicted octanol–water partition coefficient (Wildman–Crippen LogP) is 1.31. The first-order valence-electron chi connectivity index (χ1n) is 4.26. The van der Waals surface area contributed by atoms with Gasteiger partial charge in [0.2, 0.25) is 0 Å². The summed E-state index contributed by atoms with van der Waals surface area (Å²) in [6.45, 7) is 9.41. The first-order valence-corrected chi connectivity index (χ1v) is 4.26. The Morgan fingerprint density at radius 2 is 2.18 bits per heavy atom. The maximum Gasteiger partial charge on any atom is 0.0662 e. The summed E-state index contributed by atoms with van der Waals surface area (Å²) in [5.74, 6) is 0. The van der Waals surface area contributed by atoms with Crippen LogP contribution in [0.5, 0.6) is 0 Å². The van der Waals surface area contributed by atoms with Crippen LogP contribution in [0.4, 0.5) is 0 Å². The highest BCUT2D eigenvalue weighted by molar-refractivity contribution is 4.94. The molecular weight excluding hydrogens is 138 g/mol. The Balaban J connectivity index is 3.20. The zero-order chi connectivity index (χ0) is 8.69. The molecule has 0 heterocycles. The van der Waals surface area contributed by atoms with E-state index in [9.17, 15) is 0 Å². The third-order valence-corrected chi connectivity index (χ3v) is 1.73. The summed E-state index contributed by atoms with van der Waals surface area (Å²) < 4.78 is 0. The Kier molecular flexibility index (Phi) is 6.18. The van der Waals surface area contributed by atoms with Gasteiger partial charge >= 0.3 is 0 Å². The predicted molar refractivity (Wildman–Crippen MR) is 48.6 cm³/mol. The molecule has 0 spiro atoms. The van der Waals surface area contributed by atoms with Crippen molar-refractivity contribution in [3.8, 4) is 0 Å². The van der Waals surface area contributed by atoms with Crippen LogP contribution in [0.25, 0.3) is 0 Å². The molecule has 0 aliphatic heterocycles. The fourth-order valence-corrected chi connectivity index (χ4v) is 0.685. The highest BCUT2D eigenvalue weighted by Gasteiger charge is 1.98. The van der Waals surface area contributed by atoms with E-state index in [1.54, 1.807) is 0 Å². The molecule has 2 nitrogen and oxygen atoms in total. The van der Waals surface area contributed by atoms with E-state index >= 15 is 0 Å². The standard InChI is InChI=1S/C9H19NO/c1-4-8(3)6-10-7-9(11)5-2/h9-11H,3-7H2,1-2H3. The van der Waals surface area contributed by atoms with Crippen LogP contribution in [-0.4, -0.2) is 24.3 Å². The Labute approximate surface area is 69.3 Å². The van der Waals surface area contributed by atoms with E-state index in [0.717, 1.165) is 19.4 Å². The average Bonchev–Trinajstić information content (AvgIpc) is 2.04. The molecule has 0 aliphatic rings. The lowest BCUT2D eigenvalue weighted by Gasteiger charge is -2.09. The number of aliphatic hydroxyl groups excluding tert-OH is 1. The maximum atomic E-state index is 9.15. The molecule has 0 fully saturated rings. The van der Waals surface area contributed by atoms with Gasteiger partial charge in [-0.3, -0.25) is 0 Å². The van der Waals surface area contributed by atoms with Gasteiger partial charge in [0.25, 0.3) is 0 Å². The van der Waals surface area contributed by atoms with Crippen LogP contribution < -0.4 is 5.32 Å². The highest BCUT2D eigenvalue weighted by atomic mass is 16.3. The molecule has 0 bridgehead atoms. The van der Waals surface area contributed by atoms with Gasteiger partial charge in [-0.05, 0) is 12.8 Å². The van der Waals surface area contributed by atoms with E-state index in [-0.39, 0.29) is 6.10 Å². The summed E-state index contributed by atoms with van der Waals surface area (Å²) in [5, 5.41) is 12.3. The van der Waals surface area contributed by atoms with Crippen molar-refractivity contribution in [3.05, 3.63) is 12.2 Å². The largest absolute Gasteiger partial charge is 0.392 e. The Bertz CT molecular complexity index is 112. The third-order valence-electron chi connectivity index (χ3n) is 1.73. The molecule has 2 N–H and O–H groups in total. The normalized spacial score (nSPS) is 13.0. The molecule has 0 rings (SSSR count). The summed E-state index contributed by atoms with van der Waals surface area (Å²) in [7, 11) is 0. The lowest BCUT2D eigenvalue weighted by atomic mass is 10.2. The first-order chi connectivity index (χ1) is 5.20. The van der Waals surface area contributed by atoms with E-state index in [1.165, 1.54) is 5.57 Å². The van der Waals surface area contributed by atoms with E-state index < -0.39 is 0 Å². The van der Waals surface area contributed by atoms with Crippen LogP contribution in [0.2, 0.25) is 0 Å². The third kappa shape index (κ3) is 6.07. The molecule has 11 heavy (non-hydrogen) atoms. The molecule has 0 radical (unpaired) electrons. The smallest absolute Gasteiger partial charge is 0.0662 e. The van der Waals surface area contributed by atoms with Crippen molar-refractivity contribution in [2.75, 3.05) is 13.1 Å². The van der Waals surface area contributed by atoms with Gasteiger partial charge in [-0.25, -0.2) is 0 Å². The molecule has 0 aromatic rings. The second-order valence-corrected chi connectivity index (χ2v) is 2.80. The number of nitrogens with one attached hydrogen (secondary N) is 1. The monoisotopic (exact) mass is 157 g/mol. The van der Waals surface area contributed by atoms with Crippen molar-refractivity contribution in [1.82, 2.24) is 5.32 Å². The van der Waals surface area contributed by atoms with E-state index in [4.69, 9.17) is 5.11 Å². The fourth-order valence-electron chi connectivity index (χ4n) is 0.685. The zero-order valence-electron chi connectivity index (χ0n) is 7.56.